The maximum Gasteiger partial charge on any atom is 0.0410 e. The molecule has 1 aromatic carbocycles. The normalized spacial score (nSPS) is 11.2. The summed E-state index contributed by atoms with van der Waals surface area (Å²) in [5.74, 6) is 0.723. The van der Waals surface area contributed by atoms with E-state index in [1.54, 1.807) is 0 Å². The van der Waals surface area contributed by atoms with Gasteiger partial charge in [-0.2, -0.15) is 0 Å². The first-order valence-electron chi connectivity index (χ1n) is 6.45. The zero-order valence-electron chi connectivity index (χ0n) is 11.1. The number of nitrogens with one attached hydrogen (secondary N) is 2. The minimum Gasteiger partial charge on any atom is -0.316 e. The summed E-state index contributed by atoms with van der Waals surface area (Å²) in [6.07, 6.45) is 1.14. The average Bonchev–Trinajstić information content (AvgIpc) is 2.32. The molecule has 0 saturated heterocycles. The highest BCUT2D eigenvalue weighted by atomic mass is 79.9. The van der Waals surface area contributed by atoms with Crippen molar-refractivity contribution in [2.24, 2.45) is 5.92 Å². The van der Waals surface area contributed by atoms with Gasteiger partial charge in [-0.1, -0.05) is 41.4 Å². The van der Waals surface area contributed by atoms with Crippen molar-refractivity contribution < 1.29 is 0 Å². The molecule has 0 aliphatic rings. The summed E-state index contributed by atoms with van der Waals surface area (Å²) in [5.41, 5.74) is 1.21. The van der Waals surface area contributed by atoms with E-state index in [0.717, 1.165) is 48.0 Å². The summed E-state index contributed by atoms with van der Waals surface area (Å²) in [4.78, 5) is 0. The van der Waals surface area contributed by atoms with Gasteiger partial charge in [-0.3, -0.25) is 0 Å². The quantitative estimate of drug-likeness (QED) is 0.707. The van der Waals surface area contributed by atoms with Crippen LogP contribution in [0.2, 0.25) is 5.02 Å². The van der Waals surface area contributed by atoms with E-state index >= 15 is 0 Å². The summed E-state index contributed by atoms with van der Waals surface area (Å²) < 4.78 is 1.11. The molecule has 0 radical (unpaired) electrons. The van der Waals surface area contributed by atoms with Crippen LogP contribution in [0.25, 0.3) is 0 Å². The Morgan fingerprint density at radius 2 is 1.94 bits per heavy atom. The molecular weight excluding hydrogens is 312 g/mol. The predicted molar refractivity (Wildman–Crippen MR) is 83.2 cm³/mol. The van der Waals surface area contributed by atoms with Crippen LogP contribution in [0.15, 0.2) is 22.7 Å². The van der Waals surface area contributed by atoms with Crippen LogP contribution in [0.4, 0.5) is 0 Å². The first kappa shape index (κ1) is 16.0. The maximum atomic E-state index is 5.97. The van der Waals surface area contributed by atoms with Gasteiger partial charge in [-0.25, -0.2) is 0 Å². The van der Waals surface area contributed by atoms with E-state index in [9.17, 15) is 0 Å². The van der Waals surface area contributed by atoms with E-state index in [2.05, 4.69) is 40.4 Å². The van der Waals surface area contributed by atoms with Gasteiger partial charge in [-0.05, 0) is 55.7 Å². The van der Waals surface area contributed by atoms with Crippen molar-refractivity contribution in [1.82, 2.24) is 10.6 Å². The third kappa shape index (κ3) is 6.74. The molecule has 18 heavy (non-hydrogen) atoms. The van der Waals surface area contributed by atoms with Gasteiger partial charge in [0.25, 0.3) is 0 Å². The van der Waals surface area contributed by atoms with E-state index < -0.39 is 0 Å². The maximum absolute atomic E-state index is 5.97. The fourth-order valence-corrected chi connectivity index (χ4v) is 2.21. The van der Waals surface area contributed by atoms with Crippen molar-refractivity contribution in [2.45, 2.75) is 26.8 Å². The van der Waals surface area contributed by atoms with Gasteiger partial charge in [0.1, 0.15) is 0 Å². The second-order valence-corrected chi connectivity index (χ2v) is 6.15. The molecule has 0 spiro atoms. The Kier molecular flexibility index (Phi) is 7.91. The van der Waals surface area contributed by atoms with Crippen LogP contribution in [-0.2, 0) is 6.54 Å². The molecule has 4 heteroatoms. The van der Waals surface area contributed by atoms with E-state index in [1.807, 2.05) is 18.2 Å². The molecule has 0 aromatic heterocycles. The van der Waals surface area contributed by atoms with E-state index in [-0.39, 0.29) is 0 Å². The van der Waals surface area contributed by atoms with Gasteiger partial charge in [0.2, 0.25) is 0 Å². The minimum atomic E-state index is 0.723. The zero-order chi connectivity index (χ0) is 13.4. The lowest BCUT2D eigenvalue weighted by atomic mass is 10.2. The molecule has 0 amide bonds. The molecule has 0 aliphatic heterocycles. The van der Waals surface area contributed by atoms with Crippen molar-refractivity contribution in [2.75, 3.05) is 19.6 Å². The van der Waals surface area contributed by atoms with Crippen LogP contribution in [0.3, 0.4) is 0 Å². The fraction of sp³-hybridized carbons (Fsp3) is 0.571. The highest BCUT2D eigenvalue weighted by Crippen LogP contribution is 2.20. The van der Waals surface area contributed by atoms with E-state index in [4.69, 9.17) is 11.6 Å². The number of benzene rings is 1. The Morgan fingerprint density at radius 3 is 2.67 bits per heavy atom. The molecule has 0 aliphatic carbocycles. The molecule has 0 unspecified atom stereocenters. The Labute approximate surface area is 124 Å². The van der Waals surface area contributed by atoms with Crippen molar-refractivity contribution in [3.63, 3.8) is 0 Å². The second-order valence-electron chi connectivity index (χ2n) is 4.86. The zero-order valence-corrected chi connectivity index (χ0v) is 13.4. The van der Waals surface area contributed by atoms with Crippen LogP contribution < -0.4 is 10.6 Å². The Morgan fingerprint density at radius 1 is 1.22 bits per heavy atom. The molecule has 1 aromatic rings. The highest BCUT2D eigenvalue weighted by molar-refractivity contribution is 9.10. The van der Waals surface area contributed by atoms with Crippen molar-refractivity contribution in [1.29, 1.82) is 0 Å². The molecule has 0 heterocycles. The summed E-state index contributed by atoms with van der Waals surface area (Å²) in [6, 6.07) is 5.88. The lowest BCUT2D eigenvalue weighted by molar-refractivity contribution is 0.530. The molecule has 0 bridgehead atoms. The van der Waals surface area contributed by atoms with E-state index in [0.29, 0.717) is 0 Å². The molecule has 102 valence electrons. The molecule has 0 saturated carbocycles. The van der Waals surface area contributed by atoms with Crippen LogP contribution in [0.5, 0.6) is 0 Å². The molecule has 1 rings (SSSR count). The van der Waals surface area contributed by atoms with Gasteiger partial charge < -0.3 is 10.6 Å². The third-order valence-electron chi connectivity index (χ3n) is 2.58. The smallest absolute Gasteiger partial charge is 0.0410 e. The first-order chi connectivity index (χ1) is 8.59. The van der Waals surface area contributed by atoms with Gasteiger partial charge in [0.05, 0.1) is 0 Å². The first-order valence-corrected chi connectivity index (χ1v) is 7.62. The van der Waals surface area contributed by atoms with Gasteiger partial charge in [0.15, 0.2) is 0 Å². The summed E-state index contributed by atoms with van der Waals surface area (Å²) in [6.45, 7) is 8.49. The van der Waals surface area contributed by atoms with Crippen LogP contribution in [0, 0.1) is 5.92 Å². The van der Waals surface area contributed by atoms with Gasteiger partial charge in [0, 0.05) is 16.0 Å². The van der Waals surface area contributed by atoms with Crippen molar-refractivity contribution in [3.05, 3.63) is 33.3 Å². The van der Waals surface area contributed by atoms with Crippen molar-refractivity contribution >= 4 is 27.5 Å². The third-order valence-corrected chi connectivity index (χ3v) is 3.59. The van der Waals surface area contributed by atoms with Crippen LogP contribution in [-0.4, -0.2) is 19.6 Å². The molecule has 0 atom stereocenters. The predicted octanol–water partition coefficient (Wildman–Crippen LogP) is 3.83. The Hall–Kier alpha value is -0.0900. The molecule has 0 fully saturated rings. The molecule has 2 nitrogen and oxygen atoms in total. The van der Waals surface area contributed by atoms with E-state index in [1.165, 1.54) is 5.56 Å². The standard InChI is InChI=1S/C14H22BrClN2/c1-11(2)9-17-6-3-7-18-10-12-8-13(16)4-5-14(12)15/h4-5,8,11,17-18H,3,6-7,9-10H2,1-2H3. The van der Waals surface area contributed by atoms with Crippen LogP contribution in [0.1, 0.15) is 25.8 Å². The molecular formula is C14H22BrClN2. The van der Waals surface area contributed by atoms with Gasteiger partial charge in [-0.15, -0.1) is 0 Å². The second kappa shape index (κ2) is 8.92. The lowest BCUT2D eigenvalue weighted by Crippen LogP contribution is -2.24. The summed E-state index contributed by atoms with van der Waals surface area (Å²) >= 11 is 9.50. The highest BCUT2D eigenvalue weighted by Gasteiger charge is 2.00. The topological polar surface area (TPSA) is 24.1 Å². The number of rotatable bonds is 8. The molecule has 2 N–H and O–H groups in total. The summed E-state index contributed by atoms with van der Waals surface area (Å²) in [7, 11) is 0. The largest absolute Gasteiger partial charge is 0.316 e. The SMILES string of the molecule is CC(C)CNCCCNCc1cc(Cl)ccc1Br. The average molecular weight is 334 g/mol. The van der Waals surface area contributed by atoms with Gasteiger partial charge >= 0.3 is 0 Å². The monoisotopic (exact) mass is 332 g/mol. The summed E-state index contributed by atoms with van der Waals surface area (Å²) in [5, 5.41) is 7.65. The number of hydrogen-bond donors (Lipinski definition) is 2. The Bertz CT molecular complexity index is 356. The van der Waals surface area contributed by atoms with Crippen molar-refractivity contribution in [3.8, 4) is 0 Å². The number of hydrogen-bond acceptors (Lipinski definition) is 2. The minimum absolute atomic E-state index is 0.723. The Balaban J connectivity index is 2.12. The fourth-order valence-electron chi connectivity index (χ4n) is 1.63. The number of halogens is 2. The lowest BCUT2D eigenvalue weighted by Gasteiger charge is -2.09. The van der Waals surface area contributed by atoms with Crippen LogP contribution >= 0.6 is 27.5 Å².